The summed E-state index contributed by atoms with van der Waals surface area (Å²) in [7, 11) is -1.44. The number of hydrogen-bond acceptors (Lipinski definition) is 8. The first kappa shape index (κ1) is 25.4. The van der Waals surface area contributed by atoms with Crippen LogP contribution in [0.4, 0.5) is 0 Å². The number of para-hydroxylation sites is 1. The Morgan fingerprint density at radius 3 is 2.20 bits per heavy atom. The summed E-state index contributed by atoms with van der Waals surface area (Å²) in [5.74, 6) is -1.25. The molecule has 2 amide bonds. The first-order valence-corrected chi connectivity index (χ1v) is 11.8. The van der Waals surface area contributed by atoms with Crippen LogP contribution in [0.2, 0.25) is 0 Å². The summed E-state index contributed by atoms with van der Waals surface area (Å²) in [6.07, 6.45) is 1.62. The fourth-order valence-corrected chi connectivity index (χ4v) is 4.08. The Morgan fingerprint density at radius 1 is 0.886 bits per heavy atom. The van der Waals surface area contributed by atoms with E-state index in [9.17, 15) is 22.8 Å². The van der Waals surface area contributed by atoms with Crippen LogP contribution in [0.1, 0.15) is 36.8 Å². The number of benzene rings is 2. The molecule has 0 radical (unpaired) electrons. The standard InChI is InChI=1S/C24H23N3O7S/c1-33-21-6-4-3-5-16(21)13-14-25-22(28)17-7-10-19(11-8-17)35(31,32)27-23(29)18-9-12-20(26-15-18)24(30)34-2/h3-12,15H,13-14H2,1-2H3,(H,25,28)(H,27,29). The molecule has 10 nitrogen and oxygen atoms in total. The fourth-order valence-electron chi connectivity index (χ4n) is 3.10. The quantitative estimate of drug-likeness (QED) is 0.428. The number of ether oxygens (including phenoxy) is 2. The highest BCUT2D eigenvalue weighted by atomic mass is 32.2. The van der Waals surface area contributed by atoms with E-state index in [-0.39, 0.29) is 27.6 Å². The monoisotopic (exact) mass is 497 g/mol. The second-order valence-corrected chi connectivity index (χ2v) is 8.88. The van der Waals surface area contributed by atoms with Crippen LogP contribution in [0.25, 0.3) is 0 Å². The number of methoxy groups -OCH3 is 2. The number of rotatable bonds is 9. The number of carbonyl (C=O) groups is 3. The van der Waals surface area contributed by atoms with E-state index in [1.54, 1.807) is 7.11 Å². The molecule has 0 aliphatic rings. The zero-order chi connectivity index (χ0) is 25.4. The molecule has 182 valence electrons. The predicted molar refractivity (Wildman–Crippen MR) is 126 cm³/mol. The van der Waals surface area contributed by atoms with E-state index in [2.05, 4.69) is 15.0 Å². The maximum absolute atomic E-state index is 12.6. The summed E-state index contributed by atoms with van der Waals surface area (Å²) in [5.41, 5.74) is 1.12. The van der Waals surface area contributed by atoms with Crippen LogP contribution >= 0.6 is 0 Å². The van der Waals surface area contributed by atoms with E-state index in [0.29, 0.717) is 13.0 Å². The molecule has 3 rings (SSSR count). The normalized spacial score (nSPS) is 10.8. The number of nitrogens with zero attached hydrogens (tertiary/aromatic N) is 1. The number of hydrogen-bond donors (Lipinski definition) is 2. The van der Waals surface area contributed by atoms with Crippen molar-refractivity contribution in [1.82, 2.24) is 15.0 Å². The van der Waals surface area contributed by atoms with Gasteiger partial charge in [0.2, 0.25) is 0 Å². The van der Waals surface area contributed by atoms with E-state index in [1.165, 1.54) is 43.5 Å². The van der Waals surface area contributed by atoms with Crippen molar-refractivity contribution in [3.63, 3.8) is 0 Å². The maximum Gasteiger partial charge on any atom is 0.356 e. The first-order chi connectivity index (χ1) is 16.7. The molecule has 0 spiro atoms. The Bertz CT molecular complexity index is 1320. The minimum absolute atomic E-state index is 0.0244. The highest BCUT2D eigenvalue weighted by Gasteiger charge is 2.20. The summed E-state index contributed by atoms with van der Waals surface area (Å²) in [5, 5.41) is 2.77. The number of esters is 1. The minimum atomic E-state index is -4.21. The van der Waals surface area contributed by atoms with E-state index >= 15 is 0 Å². The van der Waals surface area contributed by atoms with Gasteiger partial charge in [-0.1, -0.05) is 18.2 Å². The number of aromatic nitrogens is 1. The molecule has 1 heterocycles. The second kappa shape index (κ2) is 11.3. The van der Waals surface area contributed by atoms with Gasteiger partial charge in [0.05, 0.1) is 24.7 Å². The molecule has 0 aliphatic heterocycles. The van der Waals surface area contributed by atoms with Gasteiger partial charge in [0.25, 0.3) is 21.8 Å². The summed E-state index contributed by atoms with van der Waals surface area (Å²) >= 11 is 0. The van der Waals surface area contributed by atoms with Crippen molar-refractivity contribution in [1.29, 1.82) is 0 Å². The van der Waals surface area contributed by atoms with Gasteiger partial charge in [-0.15, -0.1) is 0 Å². The van der Waals surface area contributed by atoms with Crippen LogP contribution in [0.5, 0.6) is 5.75 Å². The van der Waals surface area contributed by atoms with Gasteiger partial charge in [0.1, 0.15) is 11.4 Å². The maximum atomic E-state index is 12.6. The van der Waals surface area contributed by atoms with Crippen LogP contribution < -0.4 is 14.8 Å². The van der Waals surface area contributed by atoms with E-state index in [1.807, 2.05) is 29.0 Å². The predicted octanol–water partition coefficient (Wildman–Crippen LogP) is 1.97. The Balaban J connectivity index is 1.59. The number of sulfonamides is 1. The number of carbonyl (C=O) groups excluding carboxylic acids is 3. The Kier molecular flexibility index (Phi) is 8.16. The fraction of sp³-hybridized carbons (Fsp3) is 0.167. The molecule has 1 aromatic heterocycles. The average molecular weight is 498 g/mol. The van der Waals surface area contributed by atoms with Crippen molar-refractivity contribution in [2.45, 2.75) is 11.3 Å². The average Bonchev–Trinajstić information content (AvgIpc) is 2.88. The van der Waals surface area contributed by atoms with Crippen molar-refractivity contribution in [3.05, 3.63) is 89.2 Å². The van der Waals surface area contributed by atoms with Crippen LogP contribution in [0.3, 0.4) is 0 Å². The lowest BCUT2D eigenvalue weighted by molar-refractivity contribution is 0.0593. The van der Waals surface area contributed by atoms with Crippen molar-refractivity contribution in [3.8, 4) is 5.75 Å². The highest BCUT2D eigenvalue weighted by Crippen LogP contribution is 2.17. The molecule has 0 unspecified atom stereocenters. The van der Waals surface area contributed by atoms with Gasteiger partial charge < -0.3 is 14.8 Å². The molecule has 0 bridgehead atoms. The summed E-state index contributed by atoms with van der Waals surface area (Å²) in [6, 6.07) is 15.1. The minimum Gasteiger partial charge on any atom is -0.496 e. The molecule has 35 heavy (non-hydrogen) atoms. The smallest absolute Gasteiger partial charge is 0.356 e. The number of nitrogens with one attached hydrogen (secondary N) is 2. The zero-order valence-electron chi connectivity index (χ0n) is 19.0. The molecule has 0 aliphatic carbocycles. The Morgan fingerprint density at radius 2 is 1.57 bits per heavy atom. The van der Waals surface area contributed by atoms with Gasteiger partial charge in [-0.3, -0.25) is 9.59 Å². The SMILES string of the molecule is COC(=O)c1ccc(C(=O)NS(=O)(=O)c2ccc(C(=O)NCCc3ccccc3OC)cc2)cn1. The van der Waals surface area contributed by atoms with E-state index in [4.69, 9.17) is 4.74 Å². The molecule has 11 heteroatoms. The van der Waals surface area contributed by atoms with Crippen molar-refractivity contribution in [2.24, 2.45) is 0 Å². The van der Waals surface area contributed by atoms with E-state index in [0.717, 1.165) is 17.5 Å². The van der Waals surface area contributed by atoms with E-state index < -0.39 is 21.9 Å². The van der Waals surface area contributed by atoms with Gasteiger partial charge in [-0.2, -0.15) is 0 Å². The lowest BCUT2D eigenvalue weighted by Gasteiger charge is -2.10. The largest absolute Gasteiger partial charge is 0.496 e. The lowest BCUT2D eigenvalue weighted by atomic mass is 10.1. The third kappa shape index (κ3) is 6.42. The lowest BCUT2D eigenvalue weighted by Crippen LogP contribution is -2.31. The third-order valence-electron chi connectivity index (χ3n) is 4.95. The van der Waals surface area contributed by atoms with Crippen LogP contribution in [0, 0.1) is 0 Å². The summed E-state index contributed by atoms with van der Waals surface area (Å²) in [4.78, 5) is 39.7. The first-order valence-electron chi connectivity index (χ1n) is 10.4. The molecule has 0 atom stereocenters. The van der Waals surface area contributed by atoms with Crippen molar-refractivity contribution in [2.75, 3.05) is 20.8 Å². The van der Waals surface area contributed by atoms with Crippen LogP contribution in [-0.4, -0.2) is 51.9 Å². The van der Waals surface area contributed by atoms with Crippen LogP contribution in [-0.2, 0) is 21.2 Å². The zero-order valence-corrected chi connectivity index (χ0v) is 19.8. The van der Waals surface area contributed by atoms with Gasteiger partial charge >= 0.3 is 5.97 Å². The Hall–Kier alpha value is -4.25. The molecule has 0 saturated carbocycles. The molecular formula is C24H23N3O7S. The van der Waals surface area contributed by atoms with Crippen molar-refractivity contribution >= 4 is 27.8 Å². The molecular weight excluding hydrogens is 474 g/mol. The summed E-state index contributed by atoms with van der Waals surface area (Å²) in [6.45, 7) is 0.359. The number of pyridine rings is 1. The molecule has 2 N–H and O–H groups in total. The van der Waals surface area contributed by atoms with Gasteiger partial charge in [0.15, 0.2) is 0 Å². The summed E-state index contributed by atoms with van der Waals surface area (Å²) < 4.78 is 36.9. The van der Waals surface area contributed by atoms with Crippen LogP contribution in [0.15, 0.2) is 71.8 Å². The third-order valence-corrected chi connectivity index (χ3v) is 6.29. The second-order valence-electron chi connectivity index (χ2n) is 7.20. The topological polar surface area (TPSA) is 141 Å². The molecule has 0 saturated heterocycles. The molecule has 3 aromatic rings. The number of amides is 2. The van der Waals surface area contributed by atoms with Gasteiger partial charge in [-0.25, -0.2) is 22.9 Å². The van der Waals surface area contributed by atoms with Gasteiger partial charge in [-0.05, 0) is 54.4 Å². The molecule has 0 fully saturated rings. The van der Waals surface area contributed by atoms with Crippen molar-refractivity contribution < 1.29 is 32.3 Å². The van der Waals surface area contributed by atoms with Gasteiger partial charge in [0, 0.05) is 18.3 Å². The Labute approximate surface area is 202 Å². The highest BCUT2D eigenvalue weighted by molar-refractivity contribution is 7.90. The molecule has 2 aromatic carbocycles.